The smallest absolute Gasteiger partial charge is 0.349 e. The molecule has 0 spiro atoms. The lowest BCUT2D eigenvalue weighted by Gasteiger charge is -2.04. The van der Waals surface area contributed by atoms with Crippen LogP contribution in [0.5, 0.6) is 0 Å². The van der Waals surface area contributed by atoms with Crippen molar-refractivity contribution in [3.8, 4) is 0 Å². The molecule has 21 heavy (non-hydrogen) atoms. The third-order valence-corrected chi connectivity index (χ3v) is 3.34. The summed E-state index contributed by atoms with van der Waals surface area (Å²) in [4.78, 5) is 16.1. The molecule has 0 bridgehead atoms. The number of nitrogens with one attached hydrogen (secondary N) is 1. The van der Waals surface area contributed by atoms with Gasteiger partial charge in [-0.2, -0.15) is 5.48 Å². The van der Waals surface area contributed by atoms with Crippen LogP contribution in [0.25, 0.3) is 0 Å². The first-order chi connectivity index (χ1) is 10.3. The highest BCUT2D eigenvalue weighted by atomic mass is 16.7. The Morgan fingerprint density at radius 2 is 1.48 bits per heavy atom. The van der Waals surface area contributed by atoms with E-state index >= 15 is 0 Å². The molecule has 0 radical (unpaired) electrons. The van der Waals surface area contributed by atoms with E-state index in [1.165, 1.54) is 63.9 Å². The maximum absolute atomic E-state index is 11.2. The molecule has 0 aliphatic rings. The van der Waals surface area contributed by atoms with E-state index in [9.17, 15) is 4.79 Å². The van der Waals surface area contributed by atoms with Crippen LogP contribution >= 0.6 is 0 Å². The Labute approximate surface area is 130 Å². The van der Waals surface area contributed by atoms with Crippen molar-refractivity contribution in [2.45, 2.75) is 78.1 Å². The summed E-state index contributed by atoms with van der Waals surface area (Å²) in [6.45, 7) is 4.89. The van der Waals surface area contributed by atoms with Gasteiger partial charge >= 0.3 is 5.97 Å². The Kier molecular flexibility index (Phi) is 16.1. The standard InChI is InChI=1S/C18H33NO2/c1-3-5-7-8-9-10-11-12-13-15-17-19-21-18(20)16-14-6-4-2/h4,6,14,16,19H,3,5,7-13,15,17H2,1-2H3/b6-4+,16-14+. The van der Waals surface area contributed by atoms with Gasteiger partial charge in [-0.05, 0) is 13.3 Å². The van der Waals surface area contributed by atoms with Gasteiger partial charge in [-0.1, -0.05) is 82.9 Å². The number of carbonyl (C=O) groups is 1. The molecule has 0 aliphatic heterocycles. The lowest BCUT2D eigenvalue weighted by atomic mass is 10.1. The number of unbranched alkanes of at least 4 members (excludes halogenated alkanes) is 9. The van der Waals surface area contributed by atoms with E-state index in [1.54, 1.807) is 12.2 Å². The van der Waals surface area contributed by atoms with E-state index in [0.717, 1.165) is 13.0 Å². The highest BCUT2D eigenvalue weighted by molar-refractivity contribution is 5.81. The molecular weight excluding hydrogens is 262 g/mol. The normalized spacial score (nSPS) is 11.5. The van der Waals surface area contributed by atoms with Gasteiger partial charge in [-0.25, -0.2) is 4.79 Å². The minimum Gasteiger partial charge on any atom is -0.367 e. The van der Waals surface area contributed by atoms with Gasteiger partial charge in [-0.15, -0.1) is 0 Å². The molecule has 0 aliphatic carbocycles. The second-order valence-corrected chi connectivity index (χ2v) is 5.38. The van der Waals surface area contributed by atoms with Crippen molar-refractivity contribution in [1.82, 2.24) is 5.48 Å². The van der Waals surface area contributed by atoms with Crippen LogP contribution in [0.2, 0.25) is 0 Å². The van der Waals surface area contributed by atoms with Gasteiger partial charge in [0.15, 0.2) is 0 Å². The average Bonchev–Trinajstić information content (AvgIpc) is 2.48. The van der Waals surface area contributed by atoms with E-state index in [0.29, 0.717) is 0 Å². The summed E-state index contributed by atoms with van der Waals surface area (Å²) < 4.78 is 0. The lowest BCUT2D eigenvalue weighted by Crippen LogP contribution is -2.19. The molecule has 3 nitrogen and oxygen atoms in total. The van der Waals surface area contributed by atoms with E-state index in [-0.39, 0.29) is 5.97 Å². The fourth-order valence-corrected chi connectivity index (χ4v) is 2.09. The summed E-state index contributed by atoms with van der Waals surface area (Å²) >= 11 is 0. The number of carbonyl (C=O) groups excluding carboxylic acids is 1. The fourth-order valence-electron chi connectivity index (χ4n) is 2.09. The van der Waals surface area contributed by atoms with Crippen molar-refractivity contribution in [2.24, 2.45) is 0 Å². The first-order valence-electron chi connectivity index (χ1n) is 8.54. The first kappa shape index (κ1) is 19.9. The van der Waals surface area contributed by atoms with E-state index in [1.807, 2.05) is 13.0 Å². The minimum absolute atomic E-state index is 0.347. The minimum atomic E-state index is -0.347. The van der Waals surface area contributed by atoms with Gasteiger partial charge in [0.25, 0.3) is 0 Å². The highest BCUT2D eigenvalue weighted by Gasteiger charge is 1.96. The maximum Gasteiger partial charge on any atom is 0.349 e. The summed E-state index contributed by atoms with van der Waals surface area (Å²) in [5, 5.41) is 0. The van der Waals surface area contributed by atoms with Crippen molar-refractivity contribution >= 4 is 5.97 Å². The van der Waals surface area contributed by atoms with Crippen molar-refractivity contribution in [3.63, 3.8) is 0 Å². The Morgan fingerprint density at radius 1 is 0.905 bits per heavy atom. The number of rotatable bonds is 14. The van der Waals surface area contributed by atoms with Gasteiger partial charge < -0.3 is 4.84 Å². The van der Waals surface area contributed by atoms with Crippen LogP contribution < -0.4 is 5.48 Å². The zero-order valence-corrected chi connectivity index (χ0v) is 13.9. The van der Waals surface area contributed by atoms with E-state index in [2.05, 4.69) is 12.4 Å². The average molecular weight is 295 g/mol. The summed E-state index contributed by atoms with van der Waals surface area (Å²) in [5.41, 5.74) is 2.71. The summed E-state index contributed by atoms with van der Waals surface area (Å²) in [6, 6.07) is 0. The molecule has 0 saturated carbocycles. The van der Waals surface area contributed by atoms with Crippen molar-refractivity contribution in [1.29, 1.82) is 0 Å². The van der Waals surface area contributed by atoms with Crippen LogP contribution in [-0.4, -0.2) is 12.5 Å². The third-order valence-electron chi connectivity index (χ3n) is 3.34. The molecule has 0 amide bonds. The molecule has 0 aromatic rings. The Bertz CT molecular complexity index is 285. The first-order valence-corrected chi connectivity index (χ1v) is 8.54. The van der Waals surface area contributed by atoms with Crippen LogP contribution in [0.4, 0.5) is 0 Å². The van der Waals surface area contributed by atoms with Crippen molar-refractivity contribution in [2.75, 3.05) is 6.54 Å². The molecule has 0 unspecified atom stereocenters. The number of allylic oxidation sites excluding steroid dienone is 3. The molecule has 0 rings (SSSR count). The molecule has 0 aromatic heterocycles. The predicted molar refractivity (Wildman–Crippen MR) is 89.9 cm³/mol. The van der Waals surface area contributed by atoms with E-state index < -0.39 is 0 Å². The fraction of sp³-hybridized carbons (Fsp3) is 0.722. The Balaban J connectivity index is 3.17. The molecule has 0 fully saturated rings. The molecule has 3 heteroatoms. The van der Waals surface area contributed by atoms with Gasteiger partial charge in [0.1, 0.15) is 0 Å². The molecule has 122 valence electrons. The summed E-state index contributed by atoms with van der Waals surface area (Å²) in [6.07, 6.45) is 19.9. The van der Waals surface area contributed by atoms with E-state index in [4.69, 9.17) is 4.84 Å². The topological polar surface area (TPSA) is 38.3 Å². The van der Waals surface area contributed by atoms with Crippen LogP contribution in [-0.2, 0) is 9.63 Å². The number of hydrogen-bond acceptors (Lipinski definition) is 3. The molecule has 0 aromatic carbocycles. The second kappa shape index (κ2) is 17.0. The Hall–Kier alpha value is -1.09. The highest BCUT2D eigenvalue weighted by Crippen LogP contribution is 2.10. The number of hydroxylamine groups is 1. The number of hydrogen-bond donors (Lipinski definition) is 1. The second-order valence-electron chi connectivity index (χ2n) is 5.38. The molecule has 0 saturated heterocycles. The Morgan fingerprint density at radius 3 is 2.05 bits per heavy atom. The predicted octanol–water partition coefficient (Wildman–Crippen LogP) is 5.09. The third kappa shape index (κ3) is 16.9. The molecule has 1 N–H and O–H groups in total. The molecule has 0 heterocycles. The van der Waals surface area contributed by atoms with Gasteiger partial charge in [0.2, 0.25) is 0 Å². The quantitative estimate of drug-likeness (QED) is 0.210. The summed E-state index contributed by atoms with van der Waals surface area (Å²) in [7, 11) is 0. The monoisotopic (exact) mass is 295 g/mol. The molecular formula is C18H33NO2. The lowest BCUT2D eigenvalue weighted by molar-refractivity contribution is -0.144. The van der Waals surface area contributed by atoms with Gasteiger partial charge in [0.05, 0.1) is 0 Å². The van der Waals surface area contributed by atoms with Crippen LogP contribution in [0, 0.1) is 0 Å². The zero-order chi connectivity index (χ0) is 15.6. The van der Waals surface area contributed by atoms with Crippen molar-refractivity contribution in [3.05, 3.63) is 24.3 Å². The maximum atomic E-state index is 11.2. The summed E-state index contributed by atoms with van der Waals surface area (Å²) in [5.74, 6) is -0.347. The van der Waals surface area contributed by atoms with Crippen LogP contribution in [0.15, 0.2) is 24.3 Å². The van der Waals surface area contributed by atoms with Gasteiger partial charge in [0, 0.05) is 12.6 Å². The van der Waals surface area contributed by atoms with Crippen LogP contribution in [0.3, 0.4) is 0 Å². The largest absolute Gasteiger partial charge is 0.367 e. The molecule has 0 atom stereocenters. The van der Waals surface area contributed by atoms with Gasteiger partial charge in [-0.3, -0.25) is 0 Å². The van der Waals surface area contributed by atoms with Crippen LogP contribution in [0.1, 0.15) is 78.1 Å². The zero-order valence-electron chi connectivity index (χ0n) is 13.9. The SMILES string of the molecule is C/C=C/C=C/C(=O)ONCCCCCCCCCCCC. The van der Waals surface area contributed by atoms with Crippen molar-refractivity contribution < 1.29 is 9.63 Å².